The summed E-state index contributed by atoms with van der Waals surface area (Å²) >= 11 is 0. The van der Waals surface area contributed by atoms with Gasteiger partial charge in [0, 0.05) is 25.4 Å². The summed E-state index contributed by atoms with van der Waals surface area (Å²) in [6.07, 6.45) is 2.48. The largest absolute Gasteiger partial charge is 0.330 e. The molecule has 0 atom stereocenters. The van der Waals surface area contributed by atoms with Crippen LogP contribution in [0, 0.1) is 6.92 Å². The third kappa shape index (κ3) is 2.65. The summed E-state index contributed by atoms with van der Waals surface area (Å²) in [6, 6.07) is 10.1. The summed E-state index contributed by atoms with van der Waals surface area (Å²) in [5.74, 6) is 1.68. The second-order valence-electron chi connectivity index (χ2n) is 4.22. The molecule has 1 aromatic heterocycles. The van der Waals surface area contributed by atoms with E-state index in [0.717, 1.165) is 17.3 Å². The number of hydrogen-bond acceptors (Lipinski definition) is 4. The van der Waals surface area contributed by atoms with Gasteiger partial charge in [0.25, 0.3) is 0 Å². The Morgan fingerprint density at radius 3 is 2.72 bits per heavy atom. The van der Waals surface area contributed by atoms with Crippen LogP contribution >= 0.6 is 0 Å². The quantitative estimate of drug-likeness (QED) is 0.891. The van der Waals surface area contributed by atoms with Crippen molar-refractivity contribution >= 4 is 11.5 Å². The first kappa shape index (κ1) is 12.5. The van der Waals surface area contributed by atoms with Crippen LogP contribution in [0.2, 0.25) is 0 Å². The molecule has 0 aliphatic heterocycles. The van der Waals surface area contributed by atoms with Crippen molar-refractivity contribution < 1.29 is 0 Å². The highest BCUT2D eigenvalue weighted by Gasteiger charge is 2.08. The van der Waals surface area contributed by atoms with E-state index in [1.54, 1.807) is 6.20 Å². The number of aromatic nitrogens is 2. The number of nitrogens with two attached hydrogens (primary N) is 1. The fourth-order valence-corrected chi connectivity index (χ4v) is 1.89. The molecule has 2 N–H and O–H groups in total. The average Bonchev–Trinajstić information content (AvgIpc) is 2.39. The molecule has 0 spiro atoms. The van der Waals surface area contributed by atoms with Gasteiger partial charge in [-0.05, 0) is 31.2 Å². The van der Waals surface area contributed by atoms with Gasteiger partial charge in [0.15, 0.2) is 0 Å². The molecule has 0 aliphatic rings. The first-order chi connectivity index (χ1) is 8.72. The lowest BCUT2D eigenvalue weighted by Gasteiger charge is -2.20. The fraction of sp³-hybridized carbons (Fsp3) is 0.286. The van der Waals surface area contributed by atoms with E-state index >= 15 is 0 Å². The van der Waals surface area contributed by atoms with Crippen LogP contribution in [0.5, 0.6) is 0 Å². The van der Waals surface area contributed by atoms with E-state index in [4.69, 9.17) is 5.73 Å². The van der Waals surface area contributed by atoms with E-state index < -0.39 is 0 Å². The van der Waals surface area contributed by atoms with Crippen molar-refractivity contribution in [2.75, 3.05) is 18.5 Å². The average molecular weight is 242 g/mol. The van der Waals surface area contributed by atoms with Crippen LogP contribution in [0.3, 0.4) is 0 Å². The third-order valence-electron chi connectivity index (χ3n) is 2.88. The minimum absolute atomic E-state index is 0.567. The SMILES string of the molecule is Cc1ccccc1N(C)c1ccnc(CCN)n1. The van der Waals surface area contributed by atoms with Gasteiger partial charge in [-0.25, -0.2) is 9.97 Å². The van der Waals surface area contributed by atoms with Gasteiger partial charge >= 0.3 is 0 Å². The van der Waals surface area contributed by atoms with Gasteiger partial charge in [-0.1, -0.05) is 18.2 Å². The van der Waals surface area contributed by atoms with Gasteiger partial charge in [0.2, 0.25) is 0 Å². The van der Waals surface area contributed by atoms with Crippen LogP contribution < -0.4 is 10.6 Å². The van der Waals surface area contributed by atoms with Crippen LogP contribution in [0.4, 0.5) is 11.5 Å². The molecule has 0 fully saturated rings. The molecule has 2 rings (SSSR count). The Bertz CT molecular complexity index is 525. The maximum absolute atomic E-state index is 5.53. The number of hydrogen-bond donors (Lipinski definition) is 1. The Hall–Kier alpha value is -1.94. The molecule has 1 aromatic carbocycles. The summed E-state index contributed by atoms with van der Waals surface area (Å²) in [5, 5.41) is 0. The molecule has 94 valence electrons. The van der Waals surface area contributed by atoms with Gasteiger partial charge in [0.1, 0.15) is 11.6 Å². The van der Waals surface area contributed by atoms with E-state index in [2.05, 4.69) is 33.9 Å². The van der Waals surface area contributed by atoms with Crippen LogP contribution in [-0.2, 0) is 6.42 Å². The topological polar surface area (TPSA) is 55.0 Å². The monoisotopic (exact) mass is 242 g/mol. The van der Waals surface area contributed by atoms with Gasteiger partial charge < -0.3 is 10.6 Å². The predicted octanol–water partition coefficient (Wildman–Crippen LogP) is 2.05. The Balaban J connectivity index is 2.31. The molecular formula is C14H18N4. The minimum atomic E-state index is 0.567. The van der Waals surface area contributed by atoms with E-state index in [1.807, 2.05) is 25.2 Å². The summed E-state index contributed by atoms with van der Waals surface area (Å²) in [6.45, 7) is 2.66. The summed E-state index contributed by atoms with van der Waals surface area (Å²) in [4.78, 5) is 10.8. The highest BCUT2D eigenvalue weighted by atomic mass is 15.2. The molecule has 4 heteroatoms. The summed E-state index contributed by atoms with van der Waals surface area (Å²) in [5.41, 5.74) is 7.90. The molecule has 4 nitrogen and oxygen atoms in total. The normalized spacial score (nSPS) is 10.4. The zero-order valence-electron chi connectivity index (χ0n) is 10.8. The Morgan fingerprint density at radius 1 is 1.22 bits per heavy atom. The Morgan fingerprint density at radius 2 is 2.00 bits per heavy atom. The molecule has 0 aliphatic carbocycles. The lowest BCUT2D eigenvalue weighted by atomic mass is 10.2. The number of benzene rings is 1. The minimum Gasteiger partial charge on any atom is -0.330 e. The molecule has 0 bridgehead atoms. The highest BCUT2D eigenvalue weighted by Crippen LogP contribution is 2.24. The fourth-order valence-electron chi connectivity index (χ4n) is 1.89. The van der Waals surface area contributed by atoms with Crippen LogP contribution in [0.1, 0.15) is 11.4 Å². The van der Waals surface area contributed by atoms with E-state index in [0.29, 0.717) is 13.0 Å². The first-order valence-corrected chi connectivity index (χ1v) is 6.03. The second-order valence-corrected chi connectivity index (χ2v) is 4.22. The van der Waals surface area contributed by atoms with Crippen molar-refractivity contribution in [3.05, 3.63) is 47.9 Å². The van der Waals surface area contributed by atoms with Crippen molar-refractivity contribution in [2.45, 2.75) is 13.3 Å². The van der Waals surface area contributed by atoms with Crippen LogP contribution in [-0.4, -0.2) is 23.6 Å². The number of aryl methyl sites for hydroxylation is 1. The van der Waals surface area contributed by atoms with Crippen LogP contribution in [0.25, 0.3) is 0 Å². The number of para-hydroxylation sites is 1. The van der Waals surface area contributed by atoms with Crippen LogP contribution in [0.15, 0.2) is 36.5 Å². The van der Waals surface area contributed by atoms with Crippen molar-refractivity contribution in [1.82, 2.24) is 9.97 Å². The molecule has 0 radical (unpaired) electrons. The first-order valence-electron chi connectivity index (χ1n) is 6.03. The maximum Gasteiger partial charge on any atom is 0.136 e. The smallest absolute Gasteiger partial charge is 0.136 e. The third-order valence-corrected chi connectivity index (χ3v) is 2.88. The lowest BCUT2D eigenvalue weighted by molar-refractivity contribution is 0.861. The van der Waals surface area contributed by atoms with Gasteiger partial charge in [-0.15, -0.1) is 0 Å². The predicted molar refractivity (Wildman–Crippen MR) is 74.0 cm³/mol. The number of rotatable bonds is 4. The van der Waals surface area contributed by atoms with E-state index in [-0.39, 0.29) is 0 Å². The van der Waals surface area contributed by atoms with Gasteiger partial charge in [-0.3, -0.25) is 0 Å². The second kappa shape index (κ2) is 5.60. The molecule has 0 unspecified atom stereocenters. The summed E-state index contributed by atoms with van der Waals surface area (Å²) in [7, 11) is 2.01. The van der Waals surface area contributed by atoms with Crippen molar-refractivity contribution in [3.8, 4) is 0 Å². The van der Waals surface area contributed by atoms with Crippen molar-refractivity contribution in [3.63, 3.8) is 0 Å². The Labute approximate surface area is 107 Å². The van der Waals surface area contributed by atoms with Gasteiger partial charge in [0.05, 0.1) is 0 Å². The maximum atomic E-state index is 5.53. The van der Waals surface area contributed by atoms with E-state index in [9.17, 15) is 0 Å². The van der Waals surface area contributed by atoms with Crippen molar-refractivity contribution in [1.29, 1.82) is 0 Å². The van der Waals surface area contributed by atoms with Gasteiger partial charge in [-0.2, -0.15) is 0 Å². The molecule has 0 amide bonds. The lowest BCUT2D eigenvalue weighted by Crippen LogP contribution is -2.14. The molecule has 0 saturated carbocycles. The van der Waals surface area contributed by atoms with E-state index in [1.165, 1.54) is 5.56 Å². The molecule has 1 heterocycles. The number of anilines is 2. The molecular weight excluding hydrogens is 224 g/mol. The molecule has 18 heavy (non-hydrogen) atoms. The zero-order valence-corrected chi connectivity index (χ0v) is 10.8. The standard InChI is InChI=1S/C14H18N4/c1-11-5-3-4-6-12(11)18(2)14-8-10-16-13(17-14)7-9-15/h3-6,8,10H,7,9,15H2,1-2H3. The molecule has 0 saturated heterocycles. The molecule has 2 aromatic rings. The van der Waals surface area contributed by atoms with Crippen molar-refractivity contribution in [2.24, 2.45) is 5.73 Å². The Kier molecular flexibility index (Phi) is 3.89. The number of nitrogens with zero attached hydrogens (tertiary/aromatic N) is 3. The summed E-state index contributed by atoms with van der Waals surface area (Å²) < 4.78 is 0. The highest BCUT2D eigenvalue weighted by molar-refractivity contribution is 5.62. The zero-order chi connectivity index (χ0) is 13.0.